The molecule has 0 radical (unpaired) electrons. The van der Waals surface area contributed by atoms with Crippen molar-refractivity contribution in [2.24, 2.45) is 0 Å². The monoisotopic (exact) mass is 306 g/mol. The number of rotatable bonds is 3. The van der Waals surface area contributed by atoms with Crippen LogP contribution in [0.5, 0.6) is 5.75 Å². The maximum atomic E-state index is 10.5. The predicted molar refractivity (Wildman–Crippen MR) is 75.9 cm³/mol. The van der Waals surface area contributed by atoms with Gasteiger partial charge in [-0.1, -0.05) is 45.8 Å². The molecule has 2 rings (SSSR count). The summed E-state index contributed by atoms with van der Waals surface area (Å²) in [6.07, 6.45) is -0.699. The number of aryl methyl sites for hydroxylation is 1. The third-order valence-electron chi connectivity index (χ3n) is 2.88. The van der Waals surface area contributed by atoms with Crippen LogP contribution in [0.2, 0.25) is 0 Å². The van der Waals surface area contributed by atoms with Gasteiger partial charge >= 0.3 is 0 Å². The maximum absolute atomic E-state index is 10.5. The molecule has 2 aromatic rings. The number of aliphatic hydroxyl groups excluding tert-OH is 1. The largest absolute Gasteiger partial charge is 0.496 e. The molecule has 0 amide bonds. The molecule has 0 fully saturated rings. The Morgan fingerprint density at radius 2 is 1.83 bits per heavy atom. The molecule has 1 atom stereocenters. The molecule has 2 nitrogen and oxygen atoms in total. The predicted octanol–water partition coefficient (Wildman–Crippen LogP) is 3.85. The number of ether oxygens (including phenoxy) is 1. The van der Waals surface area contributed by atoms with Crippen molar-refractivity contribution in [1.29, 1.82) is 0 Å². The summed E-state index contributed by atoms with van der Waals surface area (Å²) in [6, 6.07) is 13.4. The van der Waals surface area contributed by atoms with Gasteiger partial charge < -0.3 is 9.84 Å². The second-order valence-corrected chi connectivity index (χ2v) is 5.02. The molecule has 1 N–H and O–H groups in total. The quantitative estimate of drug-likeness (QED) is 0.933. The summed E-state index contributed by atoms with van der Waals surface area (Å²) in [5.74, 6) is 0.698. The van der Waals surface area contributed by atoms with Crippen LogP contribution in [0.4, 0.5) is 0 Å². The van der Waals surface area contributed by atoms with E-state index in [0.717, 1.165) is 21.2 Å². The van der Waals surface area contributed by atoms with E-state index in [4.69, 9.17) is 4.74 Å². The summed E-state index contributed by atoms with van der Waals surface area (Å²) < 4.78 is 6.20. The highest BCUT2D eigenvalue weighted by Crippen LogP contribution is 2.33. The molecule has 2 aromatic carbocycles. The Balaban J connectivity index is 2.48. The van der Waals surface area contributed by atoms with Crippen molar-refractivity contribution < 1.29 is 9.84 Å². The lowest BCUT2D eigenvalue weighted by molar-refractivity contribution is 0.214. The number of methoxy groups -OCH3 is 1. The number of halogens is 1. The van der Waals surface area contributed by atoms with E-state index in [-0.39, 0.29) is 0 Å². The van der Waals surface area contributed by atoms with E-state index in [1.54, 1.807) is 7.11 Å². The minimum atomic E-state index is -0.699. The lowest BCUT2D eigenvalue weighted by atomic mass is 9.99. The first kappa shape index (κ1) is 13.1. The van der Waals surface area contributed by atoms with Gasteiger partial charge in [0.25, 0.3) is 0 Å². The van der Waals surface area contributed by atoms with E-state index < -0.39 is 6.10 Å². The average Bonchev–Trinajstić information content (AvgIpc) is 2.38. The fourth-order valence-electron chi connectivity index (χ4n) is 1.93. The second-order valence-electron chi connectivity index (χ2n) is 4.17. The van der Waals surface area contributed by atoms with Gasteiger partial charge in [-0.2, -0.15) is 0 Å². The van der Waals surface area contributed by atoms with Gasteiger partial charge in [0.05, 0.1) is 7.11 Å². The molecular formula is C15H15BrO2. The zero-order valence-electron chi connectivity index (χ0n) is 10.4. The molecule has 0 spiro atoms. The molecule has 3 heteroatoms. The zero-order valence-corrected chi connectivity index (χ0v) is 11.9. The van der Waals surface area contributed by atoms with Crippen molar-refractivity contribution in [3.8, 4) is 5.75 Å². The fourth-order valence-corrected chi connectivity index (χ4v) is 2.43. The molecule has 0 heterocycles. The van der Waals surface area contributed by atoms with Gasteiger partial charge in [-0.3, -0.25) is 0 Å². The third kappa shape index (κ3) is 2.57. The minimum Gasteiger partial charge on any atom is -0.496 e. The second kappa shape index (κ2) is 5.55. The van der Waals surface area contributed by atoms with Gasteiger partial charge in [-0.15, -0.1) is 0 Å². The minimum absolute atomic E-state index is 0.698. The Labute approximate surface area is 115 Å². The summed E-state index contributed by atoms with van der Waals surface area (Å²) >= 11 is 3.46. The topological polar surface area (TPSA) is 29.5 Å². The highest BCUT2D eigenvalue weighted by Gasteiger charge is 2.17. The molecule has 0 aliphatic rings. The van der Waals surface area contributed by atoms with Crippen molar-refractivity contribution in [2.45, 2.75) is 13.0 Å². The first-order valence-corrected chi connectivity index (χ1v) is 6.50. The van der Waals surface area contributed by atoms with E-state index in [1.165, 1.54) is 0 Å². The molecular weight excluding hydrogens is 292 g/mol. The Bertz CT molecular complexity index is 552. The Morgan fingerprint density at radius 1 is 1.11 bits per heavy atom. The van der Waals surface area contributed by atoms with Gasteiger partial charge in [0.15, 0.2) is 0 Å². The van der Waals surface area contributed by atoms with Crippen molar-refractivity contribution in [3.05, 3.63) is 63.6 Å². The Hall–Kier alpha value is -1.32. The first-order valence-electron chi connectivity index (χ1n) is 5.70. The lowest BCUT2D eigenvalue weighted by Gasteiger charge is -2.17. The fraction of sp³-hybridized carbons (Fsp3) is 0.200. The van der Waals surface area contributed by atoms with Crippen LogP contribution in [-0.4, -0.2) is 12.2 Å². The van der Waals surface area contributed by atoms with Crippen LogP contribution in [-0.2, 0) is 0 Å². The van der Waals surface area contributed by atoms with Crippen molar-refractivity contribution in [2.75, 3.05) is 7.11 Å². The highest BCUT2D eigenvalue weighted by molar-refractivity contribution is 9.10. The van der Waals surface area contributed by atoms with Crippen LogP contribution < -0.4 is 4.74 Å². The van der Waals surface area contributed by atoms with Gasteiger partial charge in [0, 0.05) is 10.0 Å². The summed E-state index contributed by atoms with van der Waals surface area (Å²) in [6.45, 7) is 2.00. The van der Waals surface area contributed by atoms with E-state index in [1.807, 2.05) is 49.4 Å². The molecule has 0 saturated carbocycles. The number of hydrogen-bond donors (Lipinski definition) is 1. The zero-order chi connectivity index (χ0) is 13.1. The lowest BCUT2D eigenvalue weighted by Crippen LogP contribution is -2.03. The Morgan fingerprint density at radius 3 is 2.50 bits per heavy atom. The summed E-state index contributed by atoms with van der Waals surface area (Å²) in [4.78, 5) is 0. The van der Waals surface area contributed by atoms with Crippen LogP contribution in [0.25, 0.3) is 0 Å². The molecule has 0 bridgehead atoms. The van der Waals surface area contributed by atoms with E-state index in [9.17, 15) is 5.11 Å². The van der Waals surface area contributed by atoms with Crippen molar-refractivity contribution in [1.82, 2.24) is 0 Å². The molecule has 1 unspecified atom stereocenters. The SMILES string of the molecule is COc1ccc(C)cc1C(O)c1ccccc1Br. The van der Waals surface area contributed by atoms with Crippen LogP contribution >= 0.6 is 15.9 Å². The molecule has 94 valence electrons. The molecule has 0 aliphatic heterocycles. The molecule has 0 aliphatic carbocycles. The smallest absolute Gasteiger partial charge is 0.125 e. The summed E-state index contributed by atoms with van der Waals surface area (Å²) in [7, 11) is 1.61. The number of hydrogen-bond acceptors (Lipinski definition) is 2. The highest BCUT2D eigenvalue weighted by atomic mass is 79.9. The number of benzene rings is 2. The van der Waals surface area contributed by atoms with Crippen molar-refractivity contribution in [3.63, 3.8) is 0 Å². The molecule has 18 heavy (non-hydrogen) atoms. The van der Waals surface area contributed by atoms with Crippen molar-refractivity contribution >= 4 is 15.9 Å². The summed E-state index contributed by atoms with van der Waals surface area (Å²) in [5, 5.41) is 10.5. The van der Waals surface area contributed by atoms with Gasteiger partial charge in [-0.25, -0.2) is 0 Å². The third-order valence-corrected chi connectivity index (χ3v) is 3.60. The Kier molecular flexibility index (Phi) is 4.04. The maximum Gasteiger partial charge on any atom is 0.125 e. The summed E-state index contributed by atoms with van der Waals surface area (Å²) in [5.41, 5.74) is 2.71. The van der Waals surface area contributed by atoms with Gasteiger partial charge in [-0.05, 0) is 30.7 Å². The number of aliphatic hydroxyl groups is 1. The molecule has 0 aromatic heterocycles. The van der Waals surface area contributed by atoms with E-state index in [2.05, 4.69) is 15.9 Å². The van der Waals surface area contributed by atoms with Gasteiger partial charge in [0.1, 0.15) is 11.9 Å². The molecule has 0 saturated heterocycles. The average molecular weight is 307 g/mol. The van der Waals surface area contributed by atoms with Gasteiger partial charge in [0.2, 0.25) is 0 Å². The van der Waals surface area contributed by atoms with E-state index >= 15 is 0 Å². The van der Waals surface area contributed by atoms with Crippen LogP contribution in [0.15, 0.2) is 46.9 Å². The van der Waals surface area contributed by atoms with Crippen LogP contribution in [0.3, 0.4) is 0 Å². The van der Waals surface area contributed by atoms with Crippen LogP contribution in [0, 0.1) is 6.92 Å². The van der Waals surface area contributed by atoms with Crippen LogP contribution in [0.1, 0.15) is 22.8 Å². The normalized spacial score (nSPS) is 12.2. The standard InChI is InChI=1S/C15H15BrO2/c1-10-7-8-14(18-2)12(9-10)15(17)11-5-3-4-6-13(11)16/h3-9,15,17H,1-2H3. The van der Waals surface area contributed by atoms with E-state index in [0.29, 0.717) is 5.75 Å². The first-order chi connectivity index (χ1) is 8.63.